The van der Waals surface area contributed by atoms with E-state index in [0.717, 1.165) is 33.4 Å². The minimum absolute atomic E-state index is 0.147. The summed E-state index contributed by atoms with van der Waals surface area (Å²) in [7, 11) is 0. The second-order valence-electron chi connectivity index (χ2n) is 16.0. The molecule has 0 atom stereocenters. The van der Waals surface area contributed by atoms with Gasteiger partial charge in [-0.2, -0.15) is 0 Å². The maximum Gasteiger partial charge on any atom is 0.166 e. The molecular formula is C54H36N4S. The van der Waals surface area contributed by atoms with Crippen molar-refractivity contribution in [1.82, 2.24) is 19.5 Å². The first-order valence-electron chi connectivity index (χ1n) is 20.1. The number of aromatic nitrogens is 4. The van der Waals surface area contributed by atoms with Gasteiger partial charge in [0.15, 0.2) is 17.5 Å². The lowest BCUT2D eigenvalue weighted by Gasteiger charge is -2.21. The van der Waals surface area contributed by atoms with E-state index in [9.17, 15) is 0 Å². The molecule has 12 rings (SSSR count). The number of rotatable bonds is 5. The van der Waals surface area contributed by atoms with E-state index in [4.69, 9.17) is 15.0 Å². The van der Waals surface area contributed by atoms with Crippen molar-refractivity contribution in [3.05, 3.63) is 193 Å². The predicted octanol–water partition coefficient (Wildman–Crippen LogP) is 14.3. The lowest BCUT2D eigenvalue weighted by Crippen LogP contribution is -2.15. The van der Waals surface area contributed by atoms with Crippen LogP contribution in [0.25, 0.3) is 104 Å². The molecule has 1 aliphatic carbocycles. The van der Waals surface area contributed by atoms with Crippen molar-refractivity contribution in [3.8, 4) is 62.1 Å². The molecule has 1 aliphatic rings. The van der Waals surface area contributed by atoms with Crippen molar-refractivity contribution in [2.75, 3.05) is 0 Å². The molecule has 59 heavy (non-hydrogen) atoms. The third-order valence-electron chi connectivity index (χ3n) is 12.3. The number of para-hydroxylation sites is 2. The summed E-state index contributed by atoms with van der Waals surface area (Å²) in [6.07, 6.45) is 0. The largest absolute Gasteiger partial charge is 0.308 e. The molecule has 5 heteroatoms. The van der Waals surface area contributed by atoms with Crippen molar-refractivity contribution in [2.45, 2.75) is 19.3 Å². The molecule has 0 spiro atoms. The second-order valence-corrected chi connectivity index (χ2v) is 17.0. The first kappa shape index (κ1) is 33.9. The van der Waals surface area contributed by atoms with Gasteiger partial charge in [-0.25, -0.2) is 15.0 Å². The molecule has 11 aromatic rings. The van der Waals surface area contributed by atoms with E-state index < -0.39 is 0 Å². The van der Waals surface area contributed by atoms with Gasteiger partial charge in [-0.05, 0) is 69.8 Å². The highest BCUT2D eigenvalue weighted by Gasteiger charge is 2.35. The van der Waals surface area contributed by atoms with E-state index in [-0.39, 0.29) is 5.41 Å². The quantitative estimate of drug-likeness (QED) is 0.175. The van der Waals surface area contributed by atoms with Crippen LogP contribution in [0.1, 0.15) is 25.0 Å². The molecule has 8 aromatic carbocycles. The molecule has 0 fully saturated rings. The zero-order valence-electron chi connectivity index (χ0n) is 32.5. The summed E-state index contributed by atoms with van der Waals surface area (Å²) in [5.74, 6) is 1.93. The van der Waals surface area contributed by atoms with Gasteiger partial charge in [-0.15, -0.1) is 11.3 Å². The number of hydrogen-bond acceptors (Lipinski definition) is 4. The van der Waals surface area contributed by atoms with Crippen LogP contribution in [0.4, 0.5) is 0 Å². The Kier molecular flexibility index (Phi) is 7.41. The summed E-state index contributed by atoms with van der Waals surface area (Å²) in [5.41, 5.74) is 13.7. The van der Waals surface area contributed by atoms with Gasteiger partial charge < -0.3 is 4.57 Å². The Balaban J connectivity index is 1.08. The van der Waals surface area contributed by atoms with Crippen LogP contribution in [0.3, 0.4) is 0 Å². The summed E-state index contributed by atoms with van der Waals surface area (Å²) in [6.45, 7) is 4.62. The highest BCUT2D eigenvalue weighted by atomic mass is 32.1. The number of fused-ring (bicyclic) bond motifs is 9. The summed E-state index contributed by atoms with van der Waals surface area (Å²) in [4.78, 5) is 15.8. The van der Waals surface area contributed by atoms with Crippen LogP contribution in [0.2, 0.25) is 0 Å². The number of thiophene rings is 1. The predicted molar refractivity (Wildman–Crippen MR) is 246 cm³/mol. The zero-order valence-corrected chi connectivity index (χ0v) is 33.3. The summed E-state index contributed by atoms with van der Waals surface area (Å²) in [6, 6.07) is 65.2. The minimum Gasteiger partial charge on any atom is -0.308 e. The molecule has 4 nitrogen and oxygen atoms in total. The summed E-state index contributed by atoms with van der Waals surface area (Å²) < 4.78 is 4.97. The first-order chi connectivity index (χ1) is 29.0. The second kappa shape index (κ2) is 12.9. The average molecular weight is 773 g/mol. The highest BCUT2D eigenvalue weighted by molar-refractivity contribution is 7.26. The lowest BCUT2D eigenvalue weighted by molar-refractivity contribution is 0.660. The molecule has 0 unspecified atom stereocenters. The van der Waals surface area contributed by atoms with E-state index in [1.165, 1.54) is 64.3 Å². The topological polar surface area (TPSA) is 43.6 Å². The molecule has 0 N–H and O–H groups in total. The third-order valence-corrected chi connectivity index (χ3v) is 13.5. The van der Waals surface area contributed by atoms with Crippen LogP contribution in [0.5, 0.6) is 0 Å². The van der Waals surface area contributed by atoms with Crippen molar-refractivity contribution >= 4 is 53.3 Å². The molecule has 0 bridgehead atoms. The van der Waals surface area contributed by atoms with E-state index in [0.29, 0.717) is 17.5 Å². The molecule has 278 valence electrons. The van der Waals surface area contributed by atoms with Crippen LogP contribution < -0.4 is 0 Å². The zero-order chi connectivity index (χ0) is 39.2. The van der Waals surface area contributed by atoms with Crippen LogP contribution in [0, 0.1) is 0 Å². The fourth-order valence-corrected chi connectivity index (χ4v) is 10.7. The molecule has 0 saturated heterocycles. The standard InChI is InChI=1S/C54H36N4S/c1-54(2)44-25-12-9-20-37(44)38-29-28-35(30-45(38)54)52-55-51(34-18-7-4-8-19-34)56-53(57-52)41-22-11-14-27-47(41)58-46-26-13-10-21-39(46)42-31-43-40-24-15-23-36(33-16-5-3-6-17-33)50(40)59-49(43)32-48(42)58/h3-32H,1-2H3. The lowest BCUT2D eigenvalue weighted by atomic mass is 9.82. The van der Waals surface area contributed by atoms with Crippen molar-refractivity contribution in [3.63, 3.8) is 0 Å². The van der Waals surface area contributed by atoms with E-state index in [1.54, 1.807) is 0 Å². The third kappa shape index (κ3) is 5.18. The smallest absolute Gasteiger partial charge is 0.166 e. The van der Waals surface area contributed by atoms with Gasteiger partial charge in [0.1, 0.15) is 0 Å². The fourth-order valence-electron chi connectivity index (χ4n) is 9.41. The van der Waals surface area contributed by atoms with Crippen LogP contribution in [-0.4, -0.2) is 19.5 Å². The Labute approximate surface area is 345 Å². The number of nitrogens with zero attached hydrogens (tertiary/aromatic N) is 4. The van der Waals surface area contributed by atoms with Crippen LogP contribution in [-0.2, 0) is 5.41 Å². The van der Waals surface area contributed by atoms with Crippen molar-refractivity contribution < 1.29 is 0 Å². The molecule has 0 amide bonds. The Bertz CT molecular complexity index is 3470. The Morgan fingerprint density at radius 1 is 0.407 bits per heavy atom. The Hall–Kier alpha value is -7.21. The normalized spacial score (nSPS) is 13.1. The molecule has 3 heterocycles. The molecule has 0 saturated carbocycles. The molecule has 0 aliphatic heterocycles. The Morgan fingerprint density at radius 3 is 1.86 bits per heavy atom. The van der Waals surface area contributed by atoms with Gasteiger partial charge in [-0.3, -0.25) is 0 Å². The fraction of sp³-hybridized carbons (Fsp3) is 0.0556. The van der Waals surface area contributed by atoms with E-state index in [1.807, 2.05) is 29.5 Å². The monoisotopic (exact) mass is 772 g/mol. The summed E-state index contributed by atoms with van der Waals surface area (Å²) >= 11 is 1.87. The van der Waals surface area contributed by atoms with E-state index >= 15 is 0 Å². The molecule has 3 aromatic heterocycles. The molecule has 0 radical (unpaired) electrons. The van der Waals surface area contributed by atoms with Crippen LogP contribution in [0.15, 0.2) is 182 Å². The first-order valence-corrected chi connectivity index (χ1v) is 20.9. The van der Waals surface area contributed by atoms with Gasteiger partial charge >= 0.3 is 0 Å². The van der Waals surface area contributed by atoms with Gasteiger partial charge in [-0.1, -0.05) is 159 Å². The Morgan fingerprint density at radius 2 is 1.03 bits per heavy atom. The van der Waals surface area contributed by atoms with Gasteiger partial charge in [0.2, 0.25) is 0 Å². The number of hydrogen-bond donors (Lipinski definition) is 0. The maximum atomic E-state index is 5.34. The van der Waals surface area contributed by atoms with Crippen LogP contribution >= 0.6 is 11.3 Å². The van der Waals surface area contributed by atoms with Crippen molar-refractivity contribution in [2.24, 2.45) is 0 Å². The van der Waals surface area contributed by atoms with Gasteiger partial charge in [0, 0.05) is 53.1 Å². The summed E-state index contributed by atoms with van der Waals surface area (Å²) in [5, 5.41) is 4.99. The van der Waals surface area contributed by atoms with E-state index in [2.05, 4.69) is 182 Å². The SMILES string of the molecule is CC1(C)c2ccccc2-c2ccc(-c3nc(-c4ccccc4)nc(-c4ccccc4-n4c5ccccc5c5cc6c(cc54)sc4c(-c5ccccc5)cccc46)n3)cc21. The van der Waals surface area contributed by atoms with Gasteiger partial charge in [0.25, 0.3) is 0 Å². The van der Waals surface area contributed by atoms with Crippen molar-refractivity contribution in [1.29, 1.82) is 0 Å². The maximum absolute atomic E-state index is 5.34. The average Bonchev–Trinajstić information content (AvgIpc) is 3.90. The highest BCUT2D eigenvalue weighted by Crippen LogP contribution is 2.50. The number of benzene rings is 8. The van der Waals surface area contributed by atoms with Gasteiger partial charge in [0.05, 0.1) is 16.7 Å². The minimum atomic E-state index is -0.147. The molecular weight excluding hydrogens is 737 g/mol.